The molecule has 3 aromatic carbocycles. The zero-order valence-corrected chi connectivity index (χ0v) is 33.1. The van der Waals surface area contributed by atoms with Crippen LogP contribution in [0.5, 0.6) is 17.2 Å². The van der Waals surface area contributed by atoms with Crippen LogP contribution in [0.15, 0.2) is 65.9 Å². The first kappa shape index (κ1) is 40.9. The van der Waals surface area contributed by atoms with E-state index in [-0.39, 0.29) is 29.1 Å². The Labute approximate surface area is 340 Å². The zero-order valence-electron chi connectivity index (χ0n) is 33.1. The number of hydrazone groups is 1. The fourth-order valence-corrected chi connectivity index (χ4v) is 9.35. The molecule has 7 aliphatic rings. The van der Waals surface area contributed by atoms with E-state index in [9.17, 15) is 9.90 Å². The highest BCUT2D eigenvalue weighted by Gasteiger charge is 2.46. The second kappa shape index (κ2) is 19.0. The van der Waals surface area contributed by atoms with Gasteiger partial charge in [0.1, 0.15) is 23.5 Å². The number of aldehydes is 1. The lowest BCUT2D eigenvalue weighted by Gasteiger charge is -2.43. The van der Waals surface area contributed by atoms with E-state index in [0.717, 1.165) is 35.9 Å². The maximum Gasteiger partial charge on any atom is 0.488 e. The summed E-state index contributed by atoms with van der Waals surface area (Å²) in [4.78, 5) is 14.9. The van der Waals surface area contributed by atoms with Crippen LogP contribution in [0.3, 0.4) is 0 Å². The van der Waals surface area contributed by atoms with Gasteiger partial charge in [-0.05, 0) is 126 Å². The van der Waals surface area contributed by atoms with Gasteiger partial charge in [-0.2, -0.15) is 5.10 Å². The number of carbonyl (C=O) groups is 1. The molecule has 4 heterocycles. The SMILES string of the molecule is COc1ccc(B(O)O)c(CC=O)c1.COc1ccc2c(c1)C=CN1B2OCC2CCCC21.NC1CCCC1.Oc1ccc2c(c1)C=NN1B2OCC2CCCC21.[HH].[HH]. The molecule has 15 heteroatoms. The second-order valence-electron chi connectivity index (χ2n) is 15.9. The summed E-state index contributed by atoms with van der Waals surface area (Å²) in [6.07, 6.45) is 20.1. The molecule has 3 aliphatic carbocycles. The molecular formula is C42H59B3N4O8. The number of aromatic hydroxyl groups is 1. The number of rotatable bonds is 5. The molecule has 0 aromatic heterocycles. The van der Waals surface area contributed by atoms with E-state index in [1.165, 1.54) is 88.4 Å². The fourth-order valence-electron chi connectivity index (χ4n) is 9.35. The average Bonchev–Trinajstić information content (AvgIpc) is 4.04. The lowest BCUT2D eigenvalue weighted by Crippen LogP contribution is -2.60. The number of fused-ring (bicyclic) bond motifs is 10. The van der Waals surface area contributed by atoms with Crippen LogP contribution in [0.25, 0.3) is 6.08 Å². The number of benzene rings is 3. The molecule has 4 unspecified atom stereocenters. The highest BCUT2D eigenvalue weighted by Crippen LogP contribution is 2.37. The summed E-state index contributed by atoms with van der Waals surface area (Å²) in [6, 6.07) is 18.2. The van der Waals surface area contributed by atoms with Gasteiger partial charge in [0.25, 0.3) is 0 Å². The predicted octanol–water partition coefficient (Wildman–Crippen LogP) is 3.31. The third-order valence-corrected chi connectivity index (χ3v) is 12.4. The van der Waals surface area contributed by atoms with Crippen molar-refractivity contribution in [3.8, 4) is 17.2 Å². The van der Waals surface area contributed by atoms with E-state index in [1.807, 2.05) is 18.3 Å². The van der Waals surface area contributed by atoms with Crippen LogP contribution in [0.4, 0.5) is 0 Å². The Morgan fingerprint density at radius 2 is 1.49 bits per heavy atom. The lowest BCUT2D eigenvalue weighted by atomic mass is 9.64. The first-order chi connectivity index (χ1) is 27.8. The van der Waals surface area contributed by atoms with Crippen molar-refractivity contribution in [3.05, 3.63) is 77.5 Å². The number of nitrogens with zero attached hydrogens (tertiary/aromatic N) is 3. The Hall–Kier alpha value is -4.27. The van der Waals surface area contributed by atoms with E-state index in [2.05, 4.69) is 39.2 Å². The fraction of sp³-hybridized carbons (Fsp3) is 0.476. The molecule has 5 N–H and O–H groups in total. The normalized spacial score (nSPS) is 23.5. The average molecular weight is 780 g/mol. The van der Waals surface area contributed by atoms with E-state index in [4.69, 9.17) is 34.6 Å². The van der Waals surface area contributed by atoms with Crippen molar-refractivity contribution in [1.82, 2.24) is 9.73 Å². The minimum absolute atomic E-state index is 0. The molecule has 3 saturated carbocycles. The summed E-state index contributed by atoms with van der Waals surface area (Å²) in [5.74, 6) is 3.14. The first-order valence-corrected chi connectivity index (χ1v) is 20.5. The molecule has 0 spiro atoms. The minimum Gasteiger partial charge on any atom is -0.508 e. The van der Waals surface area contributed by atoms with Crippen LogP contribution in [0.1, 0.15) is 83.8 Å². The largest absolute Gasteiger partial charge is 0.508 e. The van der Waals surface area contributed by atoms with Gasteiger partial charge in [-0.1, -0.05) is 43.9 Å². The highest BCUT2D eigenvalue weighted by molar-refractivity contribution is 6.67. The van der Waals surface area contributed by atoms with Crippen molar-refractivity contribution in [2.45, 2.75) is 88.8 Å². The monoisotopic (exact) mass is 780 g/mol. The molecular weight excluding hydrogens is 721 g/mol. The topological polar surface area (TPSA) is 160 Å². The number of phenols is 1. The number of carbonyl (C=O) groups excluding carboxylic acids is 1. The summed E-state index contributed by atoms with van der Waals surface area (Å²) in [5.41, 5.74) is 11.0. The van der Waals surface area contributed by atoms with Gasteiger partial charge < -0.3 is 54.2 Å². The van der Waals surface area contributed by atoms with Crippen LogP contribution in [0, 0.1) is 11.8 Å². The van der Waals surface area contributed by atoms with Gasteiger partial charge in [-0.3, -0.25) is 0 Å². The summed E-state index contributed by atoms with van der Waals surface area (Å²) >= 11 is 0. The summed E-state index contributed by atoms with van der Waals surface area (Å²) in [7, 11) is 1.70. The third kappa shape index (κ3) is 9.39. The van der Waals surface area contributed by atoms with Gasteiger partial charge in [0.15, 0.2) is 0 Å². The maximum absolute atomic E-state index is 10.3. The van der Waals surface area contributed by atoms with Crippen LogP contribution < -0.4 is 31.6 Å². The Balaban J connectivity index is 0.000000156. The molecule has 5 fully saturated rings. The second-order valence-corrected chi connectivity index (χ2v) is 15.9. The Kier molecular flexibility index (Phi) is 13.6. The van der Waals surface area contributed by atoms with Gasteiger partial charge >= 0.3 is 21.2 Å². The van der Waals surface area contributed by atoms with Crippen LogP contribution in [-0.2, 0) is 20.5 Å². The first-order valence-electron chi connectivity index (χ1n) is 20.5. The minimum atomic E-state index is -1.56. The van der Waals surface area contributed by atoms with Crippen LogP contribution >= 0.6 is 0 Å². The van der Waals surface area contributed by atoms with Crippen LogP contribution in [0.2, 0.25) is 0 Å². The smallest absolute Gasteiger partial charge is 0.488 e. The number of nitrogens with two attached hydrogens (primary N) is 1. The molecule has 0 amide bonds. The quantitative estimate of drug-likeness (QED) is 0.223. The van der Waals surface area contributed by atoms with Gasteiger partial charge in [-0.15, -0.1) is 0 Å². The van der Waals surface area contributed by atoms with Crippen LogP contribution in [-0.4, -0.2) is 104 Å². The molecule has 4 aliphatic heterocycles. The molecule has 0 radical (unpaired) electrons. The Morgan fingerprint density at radius 3 is 2.18 bits per heavy atom. The van der Waals surface area contributed by atoms with E-state index >= 15 is 0 Å². The summed E-state index contributed by atoms with van der Waals surface area (Å²) < 4.78 is 22.4. The molecule has 57 heavy (non-hydrogen) atoms. The Morgan fingerprint density at radius 1 is 0.842 bits per heavy atom. The summed E-state index contributed by atoms with van der Waals surface area (Å²) in [5, 5.41) is 32.1. The van der Waals surface area contributed by atoms with Crippen molar-refractivity contribution < 1.29 is 41.6 Å². The number of ether oxygens (including phenoxy) is 2. The van der Waals surface area contributed by atoms with Gasteiger partial charge in [0.05, 0.1) is 20.4 Å². The highest BCUT2D eigenvalue weighted by atomic mass is 16.5. The lowest BCUT2D eigenvalue weighted by molar-refractivity contribution is -0.107. The van der Waals surface area contributed by atoms with E-state index < -0.39 is 7.12 Å². The van der Waals surface area contributed by atoms with Gasteiger partial charge in [-0.25, -0.2) is 0 Å². The molecule has 2 saturated heterocycles. The van der Waals surface area contributed by atoms with Crippen molar-refractivity contribution in [3.63, 3.8) is 0 Å². The number of hydrogen-bond donors (Lipinski definition) is 4. The maximum atomic E-state index is 10.3. The molecule has 10 rings (SSSR count). The van der Waals surface area contributed by atoms with Gasteiger partial charge in [0.2, 0.25) is 0 Å². The molecule has 304 valence electrons. The van der Waals surface area contributed by atoms with E-state index in [1.54, 1.807) is 31.4 Å². The number of methoxy groups -OCH3 is 2. The zero-order chi connectivity index (χ0) is 39.9. The third-order valence-electron chi connectivity index (χ3n) is 12.4. The van der Waals surface area contributed by atoms with Crippen molar-refractivity contribution in [2.75, 3.05) is 27.4 Å². The number of hydrogen-bond acceptors (Lipinski definition) is 12. The van der Waals surface area contributed by atoms with Crippen molar-refractivity contribution >= 4 is 56.2 Å². The molecule has 12 nitrogen and oxygen atoms in total. The van der Waals surface area contributed by atoms with Crippen molar-refractivity contribution in [2.24, 2.45) is 22.7 Å². The Bertz CT molecular complexity index is 1910. The predicted molar refractivity (Wildman–Crippen MR) is 230 cm³/mol. The van der Waals surface area contributed by atoms with E-state index in [0.29, 0.717) is 47.1 Å². The van der Waals surface area contributed by atoms with Gasteiger partial charge in [0, 0.05) is 46.5 Å². The summed E-state index contributed by atoms with van der Waals surface area (Å²) in [6.45, 7) is 1.74. The molecule has 4 atom stereocenters. The van der Waals surface area contributed by atoms with Crippen molar-refractivity contribution in [1.29, 1.82) is 0 Å². The standard InChI is InChI=1S/C15H18BNO2.C13H15BN2O2.C9H11BO4.C5H11N.2H2/c1-18-13-5-6-14-11(9-13)7-8-17-15-4-2-3-12(15)10-19-16(14)17;17-11-4-5-12-10(6-11)7-15-16-13-3-1-2-9(13)8-18-14(12)16;1-14-8-2-3-9(10(12)13)7(6-8)4-5-11;6-5-3-1-2-4-5;;/h5-9,12,15H,2-4,10H2,1H3;4-7,9,13,17H,1-3,8H2;2-3,5-6,12-13H,4H2,1H3;5H,1-4,6H2;2*1H. The number of phenolic OH excluding ortho intramolecular Hbond substituents is 1. The molecule has 3 aromatic rings. The molecule has 0 bridgehead atoms.